The first-order valence-corrected chi connectivity index (χ1v) is 8.84. The van der Waals surface area contributed by atoms with Crippen molar-refractivity contribution in [3.63, 3.8) is 0 Å². The quantitative estimate of drug-likeness (QED) is 0.513. The van der Waals surface area contributed by atoms with E-state index >= 15 is 0 Å². The highest BCUT2D eigenvalue weighted by molar-refractivity contribution is 8.00. The number of halogens is 6. The Morgan fingerprint density at radius 3 is 2.32 bits per heavy atom. The van der Waals surface area contributed by atoms with Crippen molar-refractivity contribution in [1.29, 1.82) is 0 Å². The Morgan fingerprint density at radius 2 is 1.75 bits per heavy atom. The Labute approximate surface area is 161 Å². The zero-order valence-corrected chi connectivity index (χ0v) is 15.6. The number of rotatable bonds is 4. The van der Waals surface area contributed by atoms with Gasteiger partial charge in [0.1, 0.15) is 17.2 Å². The molecule has 0 spiro atoms. The second kappa shape index (κ2) is 7.36. The molecule has 1 unspecified atom stereocenters. The molecule has 0 aliphatic carbocycles. The van der Waals surface area contributed by atoms with Gasteiger partial charge in [-0.05, 0) is 48.8 Å². The third-order valence-corrected chi connectivity index (χ3v) is 5.21. The SMILES string of the molecule is CN1C=C(SN(C)[C@H](c2ccc(C(F)(F)F)cc2)C(F)(F)F)N2N=CC=CC12. The van der Waals surface area contributed by atoms with Crippen molar-refractivity contribution in [2.24, 2.45) is 5.10 Å². The first-order chi connectivity index (χ1) is 13.0. The number of hydrogen-bond acceptors (Lipinski definition) is 5. The van der Waals surface area contributed by atoms with Gasteiger partial charge in [0.05, 0.1) is 5.56 Å². The average Bonchev–Trinajstić information content (AvgIpc) is 2.90. The van der Waals surface area contributed by atoms with Gasteiger partial charge in [-0.1, -0.05) is 12.1 Å². The molecule has 0 aromatic heterocycles. The maximum atomic E-state index is 13.7. The second-order valence-corrected chi connectivity index (χ2v) is 7.42. The van der Waals surface area contributed by atoms with E-state index in [0.717, 1.165) is 28.4 Å². The van der Waals surface area contributed by atoms with Crippen molar-refractivity contribution in [3.05, 3.63) is 58.8 Å². The summed E-state index contributed by atoms with van der Waals surface area (Å²) in [6, 6.07) is 0.945. The maximum absolute atomic E-state index is 13.7. The molecule has 1 aromatic carbocycles. The minimum Gasteiger partial charge on any atom is -0.353 e. The van der Waals surface area contributed by atoms with Crippen LogP contribution in [0.25, 0.3) is 0 Å². The van der Waals surface area contributed by atoms with Crippen molar-refractivity contribution in [3.8, 4) is 0 Å². The van der Waals surface area contributed by atoms with Gasteiger partial charge in [-0.3, -0.25) is 0 Å². The molecule has 1 aromatic rings. The van der Waals surface area contributed by atoms with Gasteiger partial charge in [0.15, 0.2) is 0 Å². The minimum absolute atomic E-state index is 0.226. The zero-order chi connectivity index (χ0) is 20.7. The van der Waals surface area contributed by atoms with Gasteiger partial charge in [-0.25, -0.2) is 9.31 Å². The average molecular weight is 422 g/mol. The van der Waals surface area contributed by atoms with Gasteiger partial charge < -0.3 is 4.90 Å². The molecule has 28 heavy (non-hydrogen) atoms. The third-order valence-electron chi connectivity index (χ3n) is 4.23. The molecule has 4 nitrogen and oxygen atoms in total. The Morgan fingerprint density at radius 1 is 1.11 bits per heavy atom. The highest BCUT2D eigenvalue weighted by Crippen LogP contribution is 2.44. The van der Waals surface area contributed by atoms with E-state index in [0.29, 0.717) is 17.2 Å². The molecule has 0 radical (unpaired) electrons. The van der Waals surface area contributed by atoms with E-state index in [-0.39, 0.29) is 11.7 Å². The van der Waals surface area contributed by atoms with Crippen LogP contribution in [0.5, 0.6) is 0 Å². The molecule has 0 amide bonds. The lowest BCUT2D eigenvalue weighted by molar-refractivity contribution is -0.169. The first kappa shape index (κ1) is 20.6. The molecular formula is C17H16F6N4S. The van der Waals surface area contributed by atoms with Crippen LogP contribution in [0.3, 0.4) is 0 Å². The maximum Gasteiger partial charge on any atom is 0.416 e. The predicted octanol–water partition coefficient (Wildman–Crippen LogP) is 4.82. The van der Waals surface area contributed by atoms with E-state index in [1.807, 2.05) is 6.08 Å². The standard InChI is InChI=1S/C17H16F6N4S/c1-25-10-14(27-13(25)4-3-9-24-27)28-26(2)15(17(21,22)23)11-5-7-12(8-6-11)16(18,19)20/h3-10,13,15H,1-2H3/t13?,15-/m1/s1. The Balaban J connectivity index is 1.83. The number of hydrazone groups is 1. The highest BCUT2D eigenvalue weighted by Gasteiger charge is 2.45. The van der Waals surface area contributed by atoms with E-state index in [1.54, 1.807) is 29.2 Å². The molecule has 0 N–H and O–H groups in total. The van der Waals surface area contributed by atoms with Crippen molar-refractivity contribution in [1.82, 2.24) is 14.2 Å². The van der Waals surface area contributed by atoms with E-state index < -0.39 is 24.0 Å². The number of nitrogens with zero attached hydrogens (tertiary/aromatic N) is 4. The van der Waals surface area contributed by atoms with Crippen LogP contribution in [0.4, 0.5) is 26.3 Å². The monoisotopic (exact) mass is 422 g/mol. The molecule has 2 atom stereocenters. The van der Waals surface area contributed by atoms with Gasteiger partial charge in [-0.15, -0.1) is 0 Å². The molecule has 3 rings (SSSR count). The third kappa shape index (κ3) is 4.14. The van der Waals surface area contributed by atoms with Crippen LogP contribution in [0.2, 0.25) is 0 Å². The normalized spacial score (nSPS) is 20.6. The molecule has 2 heterocycles. The zero-order valence-electron chi connectivity index (χ0n) is 14.7. The van der Waals surface area contributed by atoms with Crippen LogP contribution in [0, 0.1) is 0 Å². The Bertz CT molecular complexity index is 799. The molecule has 2 aliphatic rings. The lowest BCUT2D eigenvalue weighted by atomic mass is 10.0. The van der Waals surface area contributed by atoms with E-state index in [1.165, 1.54) is 13.3 Å². The van der Waals surface area contributed by atoms with E-state index in [9.17, 15) is 26.3 Å². The van der Waals surface area contributed by atoms with Crippen LogP contribution < -0.4 is 0 Å². The summed E-state index contributed by atoms with van der Waals surface area (Å²) in [6.45, 7) is 0. The second-order valence-electron chi connectivity index (χ2n) is 6.24. The van der Waals surface area contributed by atoms with Gasteiger partial charge >= 0.3 is 12.4 Å². The van der Waals surface area contributed by atoms with Crippen molar-refractivity contribution in [2.75, 3.05) is 14.1 Å². The minimum atomic E-state index is -4.68. The summed E-state index contributed by atoms with van der Waals surface area (Å²) in [7, 11) is 3.02. The lowest BCUT2D eigenvalue weighted by Crippen LogP contribution is -2.35. The summed E-state index contributed by atoms with van der Waals surface area (Å²) in [5.41, 5.74) is -1.27. The summed E-state index contributed by atoms with van der Waals surface area (Å²) in [6.07, 6.45) is -2.74. The molecule has 152 valence electrons. The smallest absolute Gasteiger partial charge is 0.353 e. The fourth-order valence-electron chi connectivity index (χ4n) is 2.94. The molecule has 11 heteroatoms. The van der Waals surface area contributed by atoms with Crippen LogP contribution in [-0.4, -0.2) is 46.9 Å². The van der Waals surface area contributed by atoms with Crippen LogP contribution in [0.15, 0.2) is 52.7 Å². The van der Waals surface area contributed by atoms with Crippen LogP contribution in [0.1, 0.15) is 17.2 Å². The summed E-state index contributed by atoms with van der Waals surface area (Å²) in [5.74, 6) is 0. The van der Waals surface area contributed by atoms with Crippen molar-refractivity contribution in [2.45, 2.75) is 24.6 Å². The fraction of sp³-hybridized carbons (Fsp3) is 0.353. The molecule has 0 fully saturated rings. The van der Waals surface area contributed by atoms with E-state index in [4.69, 9.17) is 0 Å². The molecule has 0 saturated heterocycles. The van der Waals surface area contributed by atoms with Crippen LogP contribution in [-0.2, 0) is 6.18 Å². The van der Waals surface area contributed by atoms with Crippen molar-refractivity contribution < 1.29 is 26.3 Å². The summed E-state index contributed by atoms with van der Waals surface area (Å²) in [5, 5.41) is 6.21. The molecule has 0 saturated carbocycles. The van der Waals surface area contributed by atoms with Crippen molar-refractivity contribution >= 4 is 18.2 Å². The number of likely N-dealkylation sites (N-methyl/N-ethyl adjacent to an activating group) is 1. The number of fused-ring (bicyclic) bond motifs is 1. The predicted molar refractivity (Wildman–Crippen MR) is 94.7 cm³/mol. The van der Waals surface area contributed by atoms with Gasteiger partial charge in [-0.2, -0.15) is 31.4 Å². The van der Waals surface area contributed by atoms with Crippen LogP contribution >= 0.6 is 11.9 Å². The molecule has 0 bridgehead atoms. The number of allylic oxidation sites excluding steroid dienone is 1. The Kier molecular flexibility index (Phi) is 5.41. The molecular weight excluding hydrogens is 406 g/mol. The van der Waals surface area contributed by atoms with Gasteiger partial charge in [0, 0.05) is 19.5 Å². The summed E-state index contributed by atoms with van der Waals surface area (Å²) in [4.78, 5) is 1.80. The number of benzene rings is 1. The largest absolute Gasteiger partial charge is 0.416 e. The highest BCUT2D eigenvalue weighted by atomic mass is 32.2. The van der Waals surface area contributed by atoms with Gasteiger partial charge in [0.2, 0.25) is 0 Å². The van der Waals surface area contributed by atoms with Gasteiger partial charge in [0.25, 0.3) is 0 Å². The van der Waals surface area contributed by atoms with E-state index in [2.05, 4.69) is 5.10 Å². The summed E-state index contributed by atoms with van der Waals surface area (Å²) >= 11 is 0.825. The number of hydrogen-bond donors (Lipinski definition) is 0. The number of alkyl halides is 6. The lowest BCUT2D eigenvalue weighted by Gasteiger charge is -2.32. The summed E-state index contributed by atoms with van der Waals surface area (Å²) < 4.78 is 80.2. The molecule has 2 aliphatic heterocycles. The fourth-order valence-corrected chi connectivity index (χ4v) is 4.03. The topological polar surface area (TPSA) is 22.1 Å². The Hall–Kier alpha value is -2.14. The first-order valence-electron chi connectivity index (χ1n) is 8.07.